The van der Waals surface area contributed by atoms with E-state index in [0.29, 0.717) is 35.6 Å². The van der Waals surface area contributed by atoms with Gasteiger partial charge < -0.3 is 9.72 Å². The Bertz CT molecular complexity index is 1380. The van der Waals surface area contributed by atoms with Crippen LogP contribution in [0.3, 0.4) is 0 Å². The molecule has 2 N–H and O–H groups in total. The summed E-state index contributed by atoms with van der Waals surface area (Å²) in [5.74, 6) is -0.159. The molecule has 2 heterocycles. The number of piperidine rings is 1. The zero-order valence-electron chi connectivity index (χ0n) is 23.0. The molecule has 38 heavy (non-hydrogen) atoms. The number of esters is 1. The number of carbonyl (C=O) groups excluding carboxylic acids is 1. The molecule has 0 amide bonds. The maximum atomic E-state index is 13.0. The second kappa shape index (κ2) is 10.5. The van der Waals surface area contributed by atoms with Gasteiger partial charge >= 0.3 is 5.97 Å². The number of aromatic nitrogens is 2. The van der Waals surface area contributed by atoms with E-state index in [1.165, 1.54) is 0 Å². The molecule has 1 aliphatic heterocycles. The molecule has 0 radical (unpaired) electrons. The number of sulfonamides is 1. The van der Waals surface area contributed by atoms with Gasteiger partial charge in [-0.05, 0) is 47.7 Å². The summed E-state index contributed by atoms with van der Waals surface area (Å²) in [5, 5.41) is 0. The van der Waals surface area contributed by atoms with Crippen LogP contribution in [-0.2, 0) is 19.6 Å². The van der Waals surface area contributed by atoms with E-state index in [1.807, 2.05) is 49.4 Å². The first kappa shape index (κ1) is 27.9. The number of H-pyrrole nitrogens is 1. The number of nitrogens with one attached hydrogen (secondary N) is 2. The van der Waals surface area contributed by atoms with Crippen LogP contribution in [0, 0.1) is 6.92 Å². The van der Waals surface area contributed by atoms with Crippen molar-refractivity contribution in [3.05, 3.63) is 60.3 Å². The van der Waals surface area contributed by atoms with Gasteiger partial charge in [-0.15, -0.1) is 0 Å². The van der Waals surface area contributed by atoms with Gasteiger partial charge in [-0.2, -0.15) is 0 Å². The number of nitrogens with zero attached hydrogens (tertiary/aromatic N) is 2. The van der Waals surface area contributed by atoms with Crippen molar-refractivity contribution in [2.24, 2.45) is 0 Å². The lowest BCUT2D eigenvalue weighted by Gasteiger charge is -2.53. The molecule has 8 nitrogen and oxygen atoms in total. The SMILES string of the molecule is Cc1[nH]c(-c2ccccc2)nc1-c1ccccc1NS(=O)(=O)CCC(=O)OC1CC(C)(C)N(C)C(C)(C)C1. The maximum absolute atomic E-state index is 13.0. The Balaban J connectivity index is 1.43. The summed E-state index contributed by atoms with van der Waals surface area (Å²) < 4.78 is 34.4. The van der Waals surface area contributed by atoms with Gasteiger partial charge in [-0.25, -0.2) is 13.4 Å². The highest BCUT2D eigenvalue weighted by Gasteiger charge is 2.44. The first-order chi connectivity index (χ1) is 17.8. The highest BCUT2D eigenvalue weighted by atomic mass is 32.2. The number of likely N-dealkylation sites (tertiary alicyclic amines) is 1. The first-order valence-corrected chi connectivity index (χ1v) is 14.6. The third-order valence-corrected chi connectivity index (χ3v) is 8.80. The number of hydrogen-bond donors (Lipinski definition) is 2. The predicted octanol–water partition coefficient (Wildman–Crippen LogP) is 5.38. The number of hydrogen-bond acceptors (Lipinski definition) is 6. The molecular weight excluding hydrogens is 500 g/mol. The molecule has 1 aromatic heterocycles. The Labute approximate surface area is 225 Å². The Hall–Kier alpha value is -3.17. The number of rotatable bonds is 8. The molecule has 1 aliphatic rings. The Morgan fingerprint density at radius 2 is 1.66 bits per heavy atom. The normalized spacial score (nSPS) is 17.7. The van der Waals surface area contributed by atoms with Crippen LogP contribution in [0.2, 0.25) is 0 Å². The number of para-hydroxylation sites is 1. The third-order valence-electron chi connectivity index (χ3n) is 7.52. The summed E-state index contributed by atoms with van der Waals surface area (Å²) >= 11 is 0. The molecule has 4 rings (SSSR count). The van der Waals surface area contributed by atoms with E-state index >= 15 is 0 Å². The molecule has 0 spiro atoms. The minimum Gasteiger partial charge on any atom is -0.462 e. The van der Waals surface area contributed by atoms with Crippen LogP contribution in [0.25, 0.3) is 22.6 Å². The largest absolute Gasteiger partial charge is 0.462 e. The number of benzene rings is 2. The second-order valence-electron chi connectivity index (χ2n) is 11.3. The molecule has 0 bridgehead atoms. The minimum absolute atomic E-state index is 0.130. The van der Waals surface area contributed by atoms with Crippen LogP contribution < -0.4 is 4.72 Å². The molecule has 2 aromatic carbocycles. The third kappa shape index (κ3) is 6.27. The van der Waals surface area contributed by atoms with Gasteiger partial charge in [0, 0.05) is 40.7 Å². The lowest BCUT2D eigenvalue weighted by atomic mass is 9.79. The maximum Gasteiger partial charge on any atom is 0.307 e. The average Bonchev–Trinajstić information content (AvgIpc) is 3.23. The molecule has 1 saturated heterocycles. The van der Waals surface area contributed by atoms with Crippen molar-refractivity contribution in [2.75, 3.05) is 17.5 Å². The van der Waals surface area contributed by atoms with E-state index < -0.39 is 16.0 Å². The second-order valence-corrected chi connectivity index (χ2v) is 13.2. The molecule has 1 fully saturated rings. The Morgan fingerprint density at radius 1 is 1.05 bits per heavy atom. The molecule has 0 unspecified atom stereocenters. The van der Waals surface area contributed by atoms with Gasteiger partial charge in [0.1, 0.15) is 11.9 Å². The van der Waals surface area contributed by atoms with Crippen molar-refractivity contribution in [3.8, 4) is 22.6 Å². The van der Waals surface area contributed by atoms with Crippen molar-refractivity contribution in [3.63, 3.8) is 0 Å². The smallest absolute Gasteiger partial charge is 0.307 e. The summed E-state index contributed by atoms with van der Waals surface area (Å²) in [6.45, 7) is 10.4. The number of imidazole rings is 1. The summed E-state index contributed by atoms with van der Waals surface area (Å²) in [4.78, 5) is 23.0. The number of anilines is 1. The van der Waals surface area contributed by atoms with Crippen molar-refractivity contribution >= 4 is 21.7 Å². The van der Waals surface area contributed by atoms with Crippen LogP contribution in [0.1, 0.15) is 52.7 Å². The Kier molecular flexibility index (Phi) is 7.72. The molecule has 3 aromatic rings. The van der Waals surface area contributed by atoms with Crippen molar-refractivity contribution in [1.82, 2.24) is 14.9 Å². The summed E-state index contributed by atoms with van der Waals surface area (Å²) in [5.41, 5.74) is 3.23. The number of carbonyl (C=O) groups is 1. The molecule has 204 valence electrons. The molecule has 9 heteroatoms. The highest BCUT2D eigenvalue weighted by Crippen LogP contribution is 2.38. The van der Waals surface area contributed by atoms with Crippen molar-refractivity contribution in [1.29, 1.82) is 0 Å². The van der Waals surface area contributed by atoms with Crippen LogP contribution in [-0.4, -0.2) is 59.2 Å². The van der Waals surface area contributed by atoms with E-state index in [0.717, 1.165) is 11.3 Å². The fourth-order valence-electron chi connectivity index (χ4n) is 5.28. The fourth-order valence-corrected chi connectivity index (χ4v) is 6.33. The quantitative estimate of drug-likeness (QED) is 0.373. The molecule has 0 aliphatic carbocycles. The summed E-state index contributed by atoms with van der Waals surface area (Å²) in [6.07, 6.45) is 0.932. The lowest BCUT2D eigenvalue weighted by molar-refractivity contribution is -0.158. The molecule has 0 saturated carbocycles. The number of ether oxygens (including phenoxy) is 1. The molecular formula is C29H38N4O4S. The van der Waals surface area contributed by atoms with Crippen LogP contribution in [0.5, 0.6) is 0 Å². The van der Waals surface area contributed by atoms with Crippen molar-refractivity contribution in [2.45, 2.75) is 71.1 Å². The summed E-state index contributed by atoms with van der Waals surface area (Å²) in [6, 6.07) is 16.9. The van der Waals surface area contributed by atoms with Crippen molar-refractivity contribution < 1.29 is 17.9 Å². The van der Waals surface area contributed by atoms with Crippen LogP contribution in [0.15, 0.2) is 54.6 Å². The average molecular weight is 539 g/mol. The minimum atomic E-state index is -3.81. The number of aromatic amines is 1. The zero-order valence-corrected chi connectivity index (χ0v) is 23.9. The van der Waals surface area contributed by atoms with Gasteiger partial charge in [-0.1, -0.05) is 48.5 Å². The van der Waals surface area contributed by atoms with Gasteiger partial charge in [0.05, 0.1) is 23.6 Å². The molecule has 0 atom stereocenters. The zero-order chi connectivity index (χ0) is 27.7. The first-order valence-electron chi connectivity index (χ1n) is 12.9. The van der Waals surface area contributed by atoms with E-state index in [9.17, 15) is 13.2 Å². The van der Waals surface area contributed by atoms with E-state index in [2.05, 4.69) is 49.3 Å². The highest BCUT2D eigenvalue weighted by molar-refractivity contribution is 7.92. The van der Waals surface area contributed by atoms with Gasteiger partial charge in [-0.3, -0.25) is 14.4 Å². The fraction of sp³-hybridized carbons (Fsp3) is 0.448. The topological polar surface area (TPSA) is 104 Å². The predicted molar refractivity (Wildman–Crippen MR) is 151 cm³/mol. The summed E-state index contributed by atoms with van der Waals surface area (Å²) in [7, 11) is -1.73. The lowest BCUT2D eigenvalue weighted by Crippen LogP contribution is -2.60. The van der Waals surface area contributed by atoms with E-state index in [4.69, 9.17) is 9.72 Å². The van der Waals surface area contributed by atoms with Gasteiger partial charge in [0.2, 0.25) is 10.0 Å². The van der Waals surface area contributed by atoms with Gasteiger partial charge in [0.15, 0.2) is 0 Å². The van der Waals surface area contributed by atoms with Crippen LogP contribution in [0.4, 0.5) is 5.69 Å². The Morgan fingerprint density at radius 3 is 2.32 bits per heavy atom. The van der Waals surface area contributed by atoms with E-state index in [-0.39, 0.29) is 29.4 Å². The van der Waals surface area contributed by atoms with E-state index in [1.54, 1.807) is 12.1 Å². The monoisotopic (exact) mass is 538 g/mol. The van der Waals surface area contributed by atoms with Gasteiger partial charge in [0.25, 0.3) is 0 Å². The standard InChI is InChI=1S/C29H38N4O4S/c1-20-26(31-27(30-20)21-12-8-7-9-13-21)23-14-10-11-15-24(23)32-38(35,36)17-16-25(34)37-22-18-28(2,3)33(6)29(4,5)19-22/h7-15,22,32H,16-19H2,1-6H3,(H,30,31). The van der Waals surface area contributed by atoms with Crippen LogP contribution >= 0.6 is 0 Å². The number of aryl methyl sites for hydroxylation is 1.